The molecule has 0 saturated carbocycles. The van der Waals surface area contributed by atoms with Crippen LogP contribution in [0.1, 0.15) is 27.2 Å². The Kier molecular flexibility index (Phi) is 5.59. The predicted octanol–water partition coefficient (Wildman–Crippen LogP) is 3.67. The normalized spacial score (nSPS) is 10.4. The largest absolute Gasteiger partial charge is 0.366 e. The Labute approximate surface area is 153 Å². The minimum atomic E-state index is -0.129. The van der Waals surface area contributed by atoms with Crippen LogP contribution in [-0.2, 0) is 13.1 Å². The second kappa shape index (κ2) is 8.25. The average molecular weight is 346 g/mol. The van der Waals surface area contributed by atoms with Crippen molar-refractivity contribution in [3.8, 4) is 0 Å². The molecule has 5 heteroatoms. The molecule has 3 rings (SSSR count). The second-order valence-electron chi connectivity index (χ2n) is 6.22. The number of nitrogens with one attached hydrogen (secondary N) is 1. The fourth-order valence-corrected chi connectivity index (χ4v) is 2.69. The van der Waals surface area contributed by atoms with Crippen LogP contribution in [0.4, 0.5) is 5.82 Å². The molecule has 0 saturated heterocycles. The van der Waals surface area contributed by atoms with Crippen LogP contribution >= 0.6 is 0 Å². The van der Waals surface area contributed by atoms with Gasteiger partial charge in [-0.25, -0.2) is 9.97 Å². The van der Waals surface area contributed by atoms with Gasteiger partial charge in [-0.05, 0) is 23.6 Å². The number of rotatable bonds is 6. The number of hydrogen-bond acceptors (Lipinski definition) is 4. The van der Waals surface area contributed by atoms with E-state index in [1.54, 1.807) is 18.0 Å². The molecule has 1 N–H and O–H groups in total. The molecule has 1 aromatic heterocycles. The summed E-state index contributed by atoms with van der Waals surface area (Å²) < 4.78 is 0. The van der Waals surface area contributed by atoms with Crippen LogP contribution in [0.25, 0.3) is 0 Å². The van der Waals surface area contributed by atoms with Gasteiger partial charge in [-0.1, -0.05) is 54.6 Å². The molecule has 1 amide bonds. The summed E-state index contributed by atoms with van der Waals surface area (Å²) in [5, 5.41) is 3.26. The van der Waals surface area contributed by atoms with Crippen molar-refractivity contribution < 1.29 is 4.79 Å². The van der Waals surface area contributed by atoms with Gasteiger partial charge in [0.2, 0.25) is 0 Å². The van der Waals surface area contributed by atoms with Gasteiger partial charge in [-0.15, -0.1) is 0 Å². The van der Waals surface area contributed by atoms with Crippen molar-refractivity contribution in [1.29, 1.82) is 0 Å². The molecule has 0 atom stereocenters. The monoisotopic (exact) mass is 346 g/mol. The molecule has 0 aliphatic carbocycles. The number of hydrogen-bond donors (Lipinski definition) is 1. The van der Waals surface area contributed by atoms with Crippen LogP contribution in [0.3, 0.4) is 0 Å². The van der Waals surface area contributed by atoms with E-state index < -0.39 is 0 Å². The highest BCUT2D eigenvalue weighted by molar-refractivity contribution is 5.92. The van der Waals surface area contributed by atoms with Gasteiger partial charge in [0, 0.05) is 26.2 Å². The summed E-state index contributed by atoms with van der Waals surface area (Å²) in [7, 11) is 1.78. The maximum absolute atomic E-state index is 12.6. The zero-order valence-corrected chi connectivity index (χ0v) is 15.0. The zero-order chi connectivity index (χ0) is 18.4. The minimum absolute atomic E-state index is 0.129. The maximum atomic E-state index is 12.6. The van der Waals surface area contributed by atoms with E-state index in [2.05, 4.69) is 34.3 Å². The Balaban J connectivity index is 1.66. The van der Waals surface area contributed by atoms with Gasteiger partial charge < -0.3 is 10.2 Å². The number of nitrogens with zero attached hydrogens (tertiary/aromatic N) is 3. The molecule has 0 aliphatic rings. The summed E-state index contributed by atoms with van der Waals surface area (Å²) in [4.78, 5) is 22.6. The number of carbonyl (C=O) groups is 1. The molecule has 2 aromatic carbocycles. The minimum Gasteiger partial charge on any atom is -0.366 e. The lowest BCUT2D eigenvalue weighted by Crippen LogP contribution is -2.27. The third-order valence-corrected chi connectivity index (χ3v) is 4.22. The molecule has 0 fully saturated rings. The Hall–Kier alpha value is -3.21. The number of anilines is 1. The van der Waals surface area contributed by atoms with Crippen LogP contribution in [0.15, 0.2) is 67.0 Å². The quantitative estimate of drug-likeness (QED) is 0.740. The van der Waals surface area contributed by atoms with Crippen LogP contribution in [0.5, 0.6) is 0 Å². The first-order valence-electron chi connectivity index (χ1n) is 8.53. The highest BCUT2D eigenvalue weighted by Crippen LogP contribution is 2.12. The van der Waals surface area contributed by atoms with Crippen LogP contribution in [-0.4, -0.2) is 27.8 Å². The average Bonchev–Trinajstić information content (AvgIpc) is 2.68. The summed E-state index contributed by atoms with van der Waals surface area (Å²) in [5.74, 6) is 0.509. The number of amides is 1. The van der Waals surface area contributed by atoms with E-state index in [0.29, 0.717) is 24.6 Å². The summed E-state index contributed by atoms with van der Waals surface area (Å²) in [5.41, 5.74) is 3.87. The van der Waals surface area contributed by atoms with Crippen LogP contribution < -0.4 is 5.32 Å². The van der Waals surface area contributed by atoms with Crippen molar-refractivity contribution in [2.45, 2.75) is 20.0 Å². The Morgan fingerprint density at radius 1 is 1.04 bits per heavy atom. The van der Waals surface area contributed by atoms with Crippen molar-refractivity contribution in [2.24, 2.45) is 0 Å². The predicted molar refractivity (Wildman–Crippen MR) is 103 cm³/mol. The van der Waals surface area contributed by atoms with Crippen LogP contribution in [0.2, 0.25) is 0 Å². The van der Waals surface area contributed by atoms with Gasteiger partial charge in [0.05, 0.1) is 0 Å². The molecular weight excluding hydrogens is 324 g/mol. The van der Waals surface area contributed by atoms with Gasteiger partial charge in [0.1, 0.15) is 17.8 Å². The topological polar surface area (TPSA) is 58.1 Å². The second-order valence-corrected chi connectivity index (χ2v) is 6.22. The van der Waals surface area contributed by atoms with E-state index in [9.17, 15) is 4.79 Å². The van der Waals surface area contributed by atoms with E-state index in [0.717, 1.165) is 5.56 Å². The van der Waals surface area contributed by atoms with Gasteiger partial charge in [0.15, 0.2) is 0 Å². The Bertz CT molecular complexity index is 880. The van der Waals surface area contributed by atoms with E-state index in [4.69, 9.17) is 0 Å². The highest BCUT2D eigenvalue weighted by Gasteiger charge is 2.14. The van der Waals surface area contributed by atoms with Gasteiger partial charge in [-0.3, -0.25) is 4.79 Å². The van der Waals surface area contributed by atoms with Gasteiger partial charge in [-0.2, -0.15) is 0 Å². The van der Waals surface area contributed by atoms with E-state index in [-0.39, 0.29) is 5.91 Å². The molecule has 1 heterocycles. The van der Waals surface area contributed by atoms with Crippen molar-refractivity contribution in [2.75, 3.05) is 12.4 Å². The Morgan fingerprint density at radius 2 is 1.77 bits per heavy atom. The molecule has 0 spiro atoms. The van der Waals surface area contributed by atoms with E-state index in [1.165, 1.54) is 17.5 Å². The fourth-order valence-electron chi connectivity index (χ4n) is 2.69. The lowest BCUT2D eigenvalue weighted by molar-refractivity contribution is 0.0779. The lowest BCUT2D eigenvalue weighted by atomic mass is 10.1. The standard InChI is InChI=1S/C21H22N4O/c1-16-8-6-7-11-18(16)13-22-20-12-19(23-15-24-20)21(26)25(2)14-17-9-4-3-5-10-17/h3-12,15H,13-14H2,1-2H3,(H,22,23,24). The van der Waals surface area contributed by atoms with Gasteiger partial charge in [0.25, 0.3) is 5.91 Å². The first-order chi connectivity index (χ1) is 12.6. The molecule has 132 valence electrons. The number of carbonyl (C=O) groups excluding carboxylic acids is 1. The molecule has 26 heavy (non-hydrogen) atoms. The molecule has 0 unspecified atom stereocenters. The molecule has 0 aliphatic heterocycles. The summed E-state index contributed by atoms with van der Waals surface area (Å²) in [6.07, 6.45) is 1.42. The number of aromatic nitrogens is 2. The molecule has 3 aromatic rings. The molecule has 0 bridgehead atoms. The van der Waals surface area contributed by atoms with Crippen molar-refractivity contribution >= 4 is 11.7 Å². The Morgan fingerprint density at radius 3 is 2.54 bits per heavy atom. The SMILES string of the molecule is Cc1ccccc1CNc1cc(C(=O)N(C)Cc2ccccc2)ncn1. The summed E-state index contributed by atoms with van der Waals surface area (Å²) in [6, 6.07) is 19.8. The maximum Gasteiger partial charge on any atom is 0.272 e. The van der Waals surface area contributed by atoms with Crippen molar-refractivity contribution in [1.82, 2.24) is 14.9 Å². The van der Waals surface area contributed by atoms with Crippen LogP contribution in [0, 0.1) is 6.92 Å². The zero-order valence-electron chi connectivity index (χ0n) is 15.0. The summed E-state index contributed by atoms with van der Waals surface area (Å²) >= 11 is 0. The highest BCUT2D eigenvalue weighted by atomic mass is 16.2. The third-order valence-electron chi connectivity index (χ3n) is 4.22. The van der Waals surface area contributed by atoms with Crippen molar-refractivity contribution in [3.05, 3.63) is 89.4 Å². The third kappa shape index (κ3) is 4.45. The number of aryl methyl sites for hydroxylation is 1. The number of benzene rings is 2. The first kappa shape index (κ1) is 17.6. The molecular formula is C21H22N4O. The van der Waals surface area contributed by atoms with Gasteiger partial charge >= 0.3 is 0 Å². The fraction of sp³-hybridized carbons (Fsp3) is 0.190. The first-order valence-corrected chi connectivity index (χ1v) is 8.53. The van der Waals surface area contributed by atoms with E-state index in [1.807, 2.05) is 42.5 Å². The molecule has 5 nitrogen and oxygen atoms in total. The van der Waals surface area contributed by atoms with E-state index >= 15 is 0 Å². The smallest absolute Gasteiger partial charge is 0.272 e. The van der Waals surface area contributed by atoms with Crippen molar-refractivity contribution in [3.63, 3.8) is 0 Å². The molecule has 0 radical (unpaired) electrons. The lowest BCUT2D eigenvalue weighted by Gasteiger charge is -2.17. The summed E-state index contributed by atoms with van der Waals surface area (Å²) in [6.45, 7) is 3.26.